The van der Waals surface area contributed by atoms with E-state index in [1.165, 1.54) is 34.4 Å². The van der Waals surface area contributed by atoms with Gasteiger partial charge in [0.15, 0.2) is 5.13 Å². The van der Waals surface area contributed by atoms with Crippen molar-refractivity contribution in [3.63, 3.8) is 0 Å². The van der Waals surface area contributed by atoms with Gasteiger partial charge in [-0.2, -0.15) is 0 Å². The number of primary amides is 1. The van der Waals surface area contributed by atoms with Crippen LogP contribution in [0.3, 0.4) is 0 Å². The monoisotopic (exact) mass is 448 g/mol. The van der Waals surface area contributed by atoms with Crippen LogP contribution in [0.1, 0.15) is 15.4 Å². The Morgan fingerprint density at radius 3 is 2.71 bits per heavy atom. The number of anilines is 1. The van der Waals surface area contributed by atoms with Crippen LogP contribution in [0.5, 0.6) is 0 Å². The van der Waals surface area contributed by atoms with Gasteiger partial charge in [-0.3, -0.25) is 14.4 Å². The van der Waals surface area contributed by atoms with E-state index >= 15 is 0 Å². The summed E-state index contributed by atoms with van der Waals surface area (Å²) in [5.41, 5.74) is 5.82. The summed E-state index contributed by atoms with van der Waals surface area (Å²) in [7, 11) is 0. The van der Waals surface area contributed by atoms with Gasteiger partial charge in [-0.25, -0.2) is 4.98 Å². The van der Waals surface area contributed by atoms with Crippen LogP contribution in [0.2, 0.25) is 0 Å². The number of aryl methyl sites for hydroxylation is 1. The number of thioether (sulfide) groups is 1. The predicted octanol–water partition coefficient (Wildman–Crippen LogP) is 2.22. The van der Waals surface area contributed by atoms with E-state index in [1.54, 1.807) is 19.1 Å². The molecule has 0 atom stereocenters. The van der Waals surface area contributed by atoms with Crippen LogP contribution in [0.25, 0.3) is 0 Å². The van der Waals surface area contributed by atoms with Crippen LogP contribution in [0, 0.1) is 6.92 Å². The van der Waals surface area contributed by atoms with Gasteiger partial charge in [-0.1, -0.05) is 11.3 Å². The smallest absolute Gasteiger partial charge is 0.261 e. The number of halogens is 1. The number of nitrogens with two attached hydrogens (primary N) is 1. The highest BCUT2D eigenvalue weighted by Gasteiger charge is 2.13. The van der Waals surface area contributed by atoms with Crippen molar-refractivity contribution in [2.75, 3.05) is 17.6 Å². The summed E-state index contributed by atoms with van der Waals surface area (Å²) >= 11 is 7.10. The molecule has 0 aromatic carbocycles. The Morgan fingerprint density at radius 2 is 2.08 bits per heavy atom. The van der Waals surface area contributed by atoms with Crippen LogP contribution in [-0.2, 0) is 9.59 Å². The molecule has 2 aromatic heterocycles. The van der Waals surface area contributed by atoms with Crippen molar-refractivity contribution >= 4 is 73.2 Å². The van der Waals surface area contributed by atoms with Gasteiger partial charge in [0.25, 0.3) is 5.91 Å². The molecule has 0 aliphatic rings. The molecule has 2 aromatic rings. The minimum Gasteiger partial charge on any atom is -0.369 e. The lowest BCUT2D eigenvalue weighted by Gasteiger charge is -2.03. The van der Waals surface area contributed by atoms with Gasteiger partial charge in [0.05, 0.1) is 30.9 Å². The minimum absolute atomic E-state index is 0.156. The highest BCUT2D eigenvalue weighted by molar-refractivity contribution is 9.11. The average molecular weight is 449 g/mol. The first kappa shape index (κ1) is 18.9. The SMILES string of the molecule is Cc1nc(NC(=O)CNC(=O)c2ccc(Br)s2)sc1SCC(N)=O. The molecule has 2 heterocycles. The third kappa shape index (κ3) is 5.58. The van der Waals surface area contributed by atoms with Crippen LogP contribution < -0.4 is 16.4 Å². The molecule has 11 heteroatoms. The lowest BCUT2D eigenvalue weighted by Crippen LogP contribution is -2.32. The number of nitrogens with zero attached hydrogens (tertiary/aromatic N) is 1. The molecule has 2 rings (SSSR count). The van der Waals surface area contributed by atoms with E-state index in [1.807, 2.05) is 0 Å². The molecule has 0 spiro atoms. The maximum Gasteiger partial charge on any atom is 0.261 e. The number of carbonyl (C=O) groups excluding carboxylic acids is 3. The fraction of sp³-hybridized carbons (Fsp3) is 0.231. The topological polar surface area (TPSA) is 114 Å². The Hall–Kier alpha value is -1.43. The molecule has 0 fully saturated rings. The molecule has 0 bridgehead atoms. The van der Waals surface area contributed by atoms with Crippen molar-refractivity contribution in [2.24, 2.45) is 5.73 Å². The summed E-state index contributed by atoms with van der Waals surface area (Å²) < 4.78 is 1.66. The van der Waals surface area contributed by atoms with Crippen LogP contribution in [0.15, 0.2) is 20.1 Å². The van der Waals surface area contributed by atoms with Gasteiger partial charge in [-0.05, 0) is 35.0 Å². The molecular weight excluding hydrogens is 436 g/mol. The third-order valence-corrected chi connectivity index (χ3v) is 6.63. The van der Waals surface area contributed by atoms with E-state index in [2.05, 4.69) is 31.5 Å². The summed E-state index contributed by atoms with van der Waals surface area (Å²) in [6.07, 6.45) is 0. The van der Waals surface area contributed by atoms with Crippen molar-refractivity contribution in [3.05, 3.63) is 26.5 Å². The molecule has 128 valence electrons. The summed E-state index contributed by atoms with van der Waals surface area (Å²) in [4.78, 5) is 39.3. The second-order valence-corrected chi connectivity index (χ2v) is 9.19. The first-order valence-electron chi connectivity index (χ1n) is 6.57. The number of amides is 3. The third-order valence-electron chi connectivity index (χ3n) is 2.55. The largest absolute Gasteiger partial charge is 0.369 e. The molecule has 0 saturated heterocycles. The quantitative estimate of drug-likeness (QED) is 0.561. The van der Waals surface area contributed by atoms with E-state index in [0.717, 1.165) is 8.00 Å². The molecule has 24 heavy (non-hydrogen) atoms. The number of nitrogens with one attached hydrogen (secondary N) is 2. The highest BCUT2D eigenvalue weighted by atomic mass is 79.9. The lowest BCUT2D eigenvalue weighted by molar-refractivity contribution is -0.116. The van der Waals surface area contributed by atoms with E-state index in [4.69, 9.17) is 5.73 Å². The molecular formula is C13H13BrN4O3S3. The number of rotatable bonds is 7. The van der Waals surface area contributed by atoms with Gasteiger partial charge in [0.1, 0.15) is 0 Å². The van der Waals surface area contributed by atoms with Crippen LogP contribution in [-0.4, -0.2) is 35.0 Å². The van der Waals surface area contributed by atoms with Gasteiger partial charge >= 0.3 is 0 Å². The van der Waals surface area contributed by atoms with Gasteiger partial charge in [0.2, 0.25) is 11.8 Å². The Morgan fingerprint density at radius 1 is 1.33 bits per heavy atom. The van der Waals surface area contributed by atoms with Crippen molar-refractivity contribution in [2.45, 2.75) is 11.1 Å². The molecule has 0 aliphatic heterocycles. The van der Waals surface area contributed by atoms with Crippen molar-refractivity contribution in [1.29, 1.82) is 0 Å². The Bertz CT molecular complexity index is 774. The fourth-order valence-corrected chi connectivity index (χ4v) is 4.75. The van der Waals surface area contributed by atoms with Crippen molar-refractivity contribution < 1.29 is 14.4 Å². The molecule has 3 amide bonds. The fourth-order valence-electron chi connectivity index (χ4n) is 1.55. The number of thiophene rings is 1. The van der Waals surface area contributed by atoms with Gasteiger partial charge in [-0.15, -0.1) is 23.1 Å². The zero-order valence-corrected chi connectivity index (χ0v) is 16.5. The Labute approximate surface area is 158 Å². The zero-order valence-electron chi connectivity index (χ0n) is 12.4. The van der Waals surface area contributed by atoms with E-state index in [-0.39, 0.29) is 24.1 Å². The maximum atomic E-state index is 11.9. The van der Waals surface area contributed by atoms with Crippen molar-refractivity contribution in [3.8, 4) is 0 Å². The second-order valence-electron chi connectivity index (χ2n) is 4.48. The molecule has 0 unspecified atom stereocenters. The Balaban J connectivity index is 1.85. The van der Waals surface area contributed by atoms with Crippen molar-refractivity contribution in [1.82, 2.24) is 10.3 Å². The maximum absolute atomic E-state index is 11.9. The molecule has 0 aliphatic carbocycles. The van der Waals surface area contributed by atoms with E-state index in [9.17, 15) is 14.4 Å². The normalized spacial score (nSPS) is 10.4. The number of aromatic nitrogens is 1. The summed E-state index contributed by atoms with van der Waals surface area (Å²) in [5, 5.41) is 5.58. The first-order valence-corrected chi connectivity index (χ1v) is 9.98. The summed E-state index contributed by atoms with van der Waals surface area (Å²) in [6, 6.07) is 3.44. The number of carbonyl (C=O) groups is 3. The molecule has 0 saturated carbocycles. The molecule has 4 N–H and O–H groups in total. The minimum atomic E-state index is -0.415. The van der Waals surface area contributed by atoms with Crippen LogP contribution in [0.4, 0.5) is 5.13 Å². The predicted molar refractivity (Wildman–Crippen MR) is 99.8 cm³/mol. The Kier molecular flexibility index (Phi) is 6.78. The number of hydrogen-bond acceptors (Lipinski definition) is 7. The second kappa shape index (κ2) is 8.60. The van der Waals surface area contributed by atoms with E-state index < -0.39 is 5.91 Å². The summed E-state index contributed by atoms with van der Waals surface area (Å²) in [6.45, 7) is 1.63. The number of hydrogen-bond donors (Lipinski definition) is 3. The molecule has 0 radical (unpaired) electrons. The first-order chi connectivity index (χ1) is 11.3. The van der Waals surface area contributed by atoms with Crippen LogP contribution >= 0.6 is 50.4 Å². The zero-order chi connectivity index (χ0) is 17.7. The summed E-state index contributed by atoms with van der Waals surface area (Å²) in [5.74, 6) is -0.947. The average Bonchev–Trinajstić information content (AvgIpc) is 3.08. The van der Waals surface area contributed by atoms with Gasteiger partial charge < -0.3 is 16.4 Å². The highest BCUT2D eigenvalue weighted by Crippen LogP contribution is 2.31. The number of thiazole rings is 1. The standard InChI is InChI=1S/C13H13BrN4O3S3/c1-6-12(22-5-9(15)19)24-13(17-6)18-10(20)4-16-11(21)7-2-3-8(14)23-7/h2-3H,4-5H2,1H3,(H2,15,19)(H,16,21)(H,17,18,20). The van der Waals surface area contributed by atoms with Gasteiger partial charge in [0, 0.05) is 0 Å². The molecule has 7 nitrogen and oxygen atoms in total. The lowest BCUT2D eigenvalue weighted by atomic mass is 10.4. The van der Waals surface area contributed by atoms with E-state index in [0.29, 0.717) is 15.7 Å².